The van der Waals surface area contributed by atoms with Crippen LogP contribution in [0.5, 0.6) is 0 Å². The molecular weight excluding hydrogens is 371 g/mol. The molecule has 0 N–H and O–H groups in total. The molecular formula is C20H26Cl2N2O2. The van der Waals surface area contributed by atoms with Gasteiger partial charge in [0.2, 0.25) is 0 Å². The zero-order valence-corrected chi connectivity index (χ0v) is 16.5. The number of esters is 1. The van der Waals surface area contributed by atoms with E-state index in [9.17, 15) is 4.79 Å². The maximum Gasteiger partial charge on any atom is 0.321 e. The Morgan fingerprint density at radius 3 is 1.81 bits per heavy atom. The zero-order chi connectivity index (χ0) is 16.8. The highest BCUT2D eigenvalue weighted by Crippen LogP contribution is 2.26. The number of likely N-dealkylation sites (N-methyl/N-ethyl adjacent to an activating group) is 1. The summed E-state index contributed by atoms with van der Waals surface area (Å²) in [6.45, 7) is 4.16. The van der Waals surface area contributed by atoms with E-state index in [1.807, 2.05) is 60.7 Å². The van der Waals surface area contributed by atoms with Crippen molar-refractivity contribution in [1.29, 1.82) is 0 Å². The monoisotopic (exact) mass is 396 g/mol. The van der Waals surface area contributed by atoms with Gasteiger partial charge in [0.15, 0.2) is 6.10 Å². The highest BCUT2D eigenvalue weighted by Gasteiger charge is 2.22. The minimum atomic E-state index is -0.354. The van der Waals surface area contributed by atoms with E-state index in [4.69, 9.17) is 4.74 Å². The molecule has 1 aliphatic rings. The molecule has 2 aromatic rings. The van der Waals surface area contributed by atoms with Crippen molar-refractivity contribution in [3.63, 3.8) is 0 Å². The van der Waals surface area contributed by atoms with Gasteiger partial charge in [0.25, 0.3) is 0 Å². The normalized spacial score (nSPS) is 15.0. The molecule has 0 saturated carbocycles. The molecule has 1 saturated heterocycles. The molecule has 0 spiro atoms. The summed E-state index contributed by atoms with van der Waals surface area (Å²) in [5.74, 6) is -0.169. The number of hydrogen-bond acceptors (Lipinski definition) is 4. The number of hydrogen-bond donors (Lipinski definition) is 0. The van der Waals surface area contributed by atoms with Gasteiger partial charge in [0.05, 0.1) is 6.54 Å². The highest BCUT2D eigenvalue weighted by molar-refractivity contribution is 5.85. The van der Waals surface area contributed by atoms with Crippen LogP contribution in [0.1, 0.15) is 17.2 Å². The van der Waals surface area contributed by atoms with Crippen molar-refractivity contribution in [1.82, 2.24) is 9.80 Å². The van der Waals surface area contributed by atoms with E-state index in [0.29, 0.717) is 6.54 Å². The number of benzene rings is 2. The highest BCUT2D eigenvalue weighted by atomic mass is 35.5. The molecule has 0 aliphatic carbocycles. The Hall–Kier alpha value is -1.59. The third kappa shape index (κ3) is 6.29. The molecule has 1 fully saturated rings. The number of ether oxygens (including phenoxy) is 1. The minimum Gasteiger partial charge on any atom is -0.452 e. The van der Waals surface area contributed by atoms with Crippen LogP contribution in [0, 0.1) is 0 Å². The molecule has 0 bridgehead atoms. The summed E-state index contributed by atoms with van der Waals surface area (Å²) in [4.78, 5) is 16.9. The van der Waals surface area contributed by atoms with Crippen LogP contribution in [0.15, 0.2) is 60.7 Å². The van der Waals surface area contributed by atoms with Gasteiger partial charge in [-0.3, -0.25) is 9.69 Å². The molecule has 142 valence electrons. The molecule has 3 rings (SSSR count). The fraction of sp³-hybridized carbons (Fsp3) is 0.350. The Bertz CT molecular complexity index is 608. The SMILES string of the molecule is CN1CCN(CC(=O)OC(c2ccccc2)c2ccccc2)CC1.Cl.Cl. The molecule has 0 radical (unpaired) electrons. The summed E-state index contributed by atoms with van der Waals surface area (Å²) in [5.41, 5.74) is 1.99. The number of halogens is 2. The maximum absolute atomic E-state index is 12.5. The van der Waals surface area contributed by atoms with Crippen molar-refractivity contribution < 1.29 is 9.53 Å². The van der Waals surface area contributed by atoms with E-state index in [0.717, 1.165) is 37.3 Å². The molecule has 0 aromatic heterocycles. The van der Waals surface area contributed by atoms with Gasteiger partial charge in [0.1, 0.15) is 0 Å². The predicted octanol–water partition coefficient (Wildman–Crippen LogP) is 3.41. The summed E-state index contributed by atoms with van der Waals surface area (Å²) < 4.78 is 5.86. The first kappa shape index (κ1) is 22.5. The number of piperazine rings is 1. The van der Waals surface area contributed by atoms with Gasteiger partial charge in [-0.25, -0.2) is 0 Å². The lowest BCUT2D eigenvalue weighted by Crippen LogP contribution is -2.46. The van der Waals surface area contributed by atoms with E-state index in [1.165, 1.54) is 0 Å². The number of nitrogens with zero attached hydrogens (tertiary/aromatic N) is 2. The Labute approximate surface area is 168 Å². The second-order valence-electron chi connectivity index (χ2n) is 6.27. The lowest BCUT2D eigenvalue weighted by molar-refractivity contribution is -0.149. The molecule has 1 aliphatic heterocycles. The van der Waals surface area contributed by atoms with Gasteiger partial charge in [0, 0.05) is 26.2 Å². The lowest BCUT2D eigenvalue weighted by atomic mass is 10.0. The van der Waals surface area contributed by atoms with Crippen LogP contribution in [0.2, 0.25) is 0 Å². The van der Waals surface area contributed by atoms with Gasteiger partial charge < -0.3 is 9.64 Å². The molecule has 2 aromatic carbocycles. The summed E-state index contributed by atoms with van der Waals surface area (Å²) in [6, 6.07) is 19.8. The second kappa shape index (κ2) is 11.2. The van der Waals surface area contributed by atoms with Crippen molar-refractivity contribution in [2.24, 2.45) is 0 Å². The van der Waals surface area contributed by atoms with Crippen LogP contribution < -0.4 is 0 Å². The number of carbonyl (C=O) groups excluding carboxylic acids is 1. The largest absolute Gasteiger partial charge is 0.452 e. The van der Waals surface area contributed by atoms with Crippen molar-refractivity contribution in [2.75, 3.05) is 39.8 Å². The maximum atomic E-state index is 12.5. The molecule has 1 heterocycles. The van der Waals surface area contributed by atoms with Gasteiger partial charge >= 0.3 is 5.97 Å². The van der Waals surface area contributed by atoms with Crippen molar-refractivity contribution in [2.45, 2.75) is 6.10 Å². The first-order valence-corrected chi connectivity index (χ1v) is 8.42. The smallest absolute Gasteiger partial charge is 0.321 e. The van der Waals surface area contributed by atoms with E-state index in [1.54, 1.807) is 0 Å². The summed E-state index contributed by atoms with van der Waals surface area (Å²) in [5, 5.41) is 0. The zero-order valence-electron chi connectivity index (χ0n) is 14.9. The Balaban J connectivity index is 0.00000169. The third-order valence-corrected chi connectivity index (χ3v) is 4.40. The van der Waals surface area contributed by atoms with E-state index in [2.05, 4.69) is 16.8 Å². The second-order valence-corrected chi connectivity index (χ2v) is 6.27. The molecule has 6 heteroatoms. The Morgan fingerprint density at radius 1 is 0.885 bits per heavy atom. The summed E-state index contributed by atoms with van der Waals surface area (Å²) in [7, 11) is 2.11. The fourth-order valence-corrected chi connectivity index (χ4v) is 2.94. The number of carbonyl (C=O) groups is 1. The van der Waals surface area contributed by atoms with Crippen molar-refractivity contribution >= 4 is 30.8 Å². The lowest BCUT2D eigenvalue weighted by Gasteiger charge is -2.32. The van der Waals surface area contributed by atoms with E-state index >= 15 is 0 Å². The molecule has 4 nitrogen and oxygen atoms in total. The van der Waals surface area contributed by atoms with E-state index in [-0.39, 0.29) is 36.9 Å². The minimum absolute atomic E-state index is 0. The van der Waals surface area contributed by atoms with Crippen LogP contribution in [-0.4, -0.2) is 55.5 Å². The fourth-order valence-electron chi connectivity index (χ4n) is 2.94. The van der Waals surface area contributed by atoms with Gasteiger partial charge in [-0.1, -0.05) is 60.7 Å². The van der Waals surface area contributed by atoms with Crippen LogP contribution >= 0.6 is 24.8 Å². The molecule has 0 amide bonds. The first-order valence-electron chi connectivity index (χ1n) is 8.42. The quantitative estimate of drug-likeness (QED) is 0.724. The van der Waals surface area contributed by atoms with Gasteiger partial charge in [-0.15, -0.1) is 24.8 Å². The van der Waals surface area contributed by atoms with Crippen molar-refractivity contribution in [3.8, 4) is 0 Å². The van der Waals surface area contributed by atoms with Crippen LogP contribution in [0.3, 0.4) is 0 Å². The standard InChI is InChI=1S/C20H24N2O2.2ClH/c1-21-12-14-22(15-13-21)16-19(23)24-20(17-8-4-2-5-9-17)18-10-6-3-7-11-18;;/h2-11,20H,12-16H2,1H3;2*1H. The van der Waals surface area contributed by atoms with Gasteiger partial charge in [-0.2, -0.15) is 0 Å². The van der Waals surface area contributed by atoms with Crippen molar-refractivity contribution in [3.05, 3.63) is 71.8 Å². The molecule has 26 heavy (non-hydrogen) atoms. The van der Waals surface area contributed by atoms with Crippen LogP contribution in [0.4, 0.5) is 0 Å². The first-order chi connectivity index (χ1) is 11.7. The average molecular weight is 397 g/mol. The Morgan fingerprint density at radius 2 is 1.35 bits per heavy atom. The Kier molecular flexibility index (Phi) is 9.66. The third-order valence-electron chi connectivity index (χ3n) is 4.40. The topological polar surface area (TPSA) is 32.8 Å². The predicted molar refractivity (Wildman–Crippen MR) is 109 cm³/mol. The van der Waals surface area contributed by atoms with E-state index < -0.39 is 0 Å². The summed E-state index contributed by atoms with van der Waals surface area (Å²) in [6.07, 6.45) is -0.354. The molecule has 0 atom stereocenters. The van der Waals surface area contributed by atoms with Crippen LogP contribution in [-0.2, 0) is 9.53 Å². The number of rotatable bonds is 5. The average Bonchev–Trinajstić information content (AvgIpc) is 2.63. The van der Waals surface area contributed by atoms with Gasteiger partial charge in [-0.05, 0) is 18.2 Å². The molecule has 0 unspecified atom stereocenters. The van der Waals surface area contributed by atoms with Crippen LogP contribution in [0.25, 0.3) is 0 Å². The summed E-state index contributed by atoms with van der Waals surface area (Å²) >= 11 is 0.